The number of nitrogens with zero attached hydrogens (tertiary/aromatic N) is 3. The van der Waals surface area contributed by atoms with E-state index in [1.165, 1.54) is 17.5 Å². The largest absolute Gasteiger partial charge is 0.394 e. The van der Waals surface area contributed by atoms with Crippen LogP contribution in [0.2, 0.25) is 0 Å². The molecule has 0 spiro atoms. The van der Waals surface area contributed by atoms with Crippen molar-refractivity contribution in [2.24, 2.45) is 0 Å². The minimum Gasteiger partial charge on any atom is -0.394 e. The maximum absolute atomic E-state index is 12.4. The van der Waals surface area contributed by atoms with Crippen molar-refractivity contribution < 1.29 is 13.5 Å². The molecular weight excluding hydrogens is 292 g/mol. The lowest BCUT2D eigenvalue weighted by Gasteiger charge is -2.15. The van der Waals surface area contributed by atoms with E-state index in [9.17, 15) is 8.42 Å². The molecule has 2 rings (SSSR count). The van der Waals surface area contributed by atoms with Crippen molar-refractivity contribution in [1.82, 2.24) is 19.4 Å². The summed E-state index contributed by atoms with van der Waals surface area (Å²) in [5, 5.41) is 13.2. The van der Waals surface area contributed by atoms with Crippen molar-refractivity contribution >= 4 is 10.0 Å². The van der Waals surface area contributed by atoms with E-state index in [1.807, 2.05) is 7.05 Å². The average molecular weight is 316 g/mol. The summed E-state index contributed by atoms with van der Waals surface area (Å²) in [4.78, 5) is 2.40. The number of aliphatic hydroxyl groups excluding tert-OH is 1. The fraction of sp³-hybridized carbons (Fsp3) is 0.769. The van der Waals surface area contributed by atoms with Crippen LogP contribution in [0, 0.1) is 13.8 Å². The Balaban J connectivity index is 2.04. The second kappa shape index (κ2) is 6.43. The SMILES string of the molecule is Cc1nn(CCO)c(C)c1S(=O)(=O)NCCN(C)C1CC1. The Hall–Kier alpha value is -0.960. The van der Waals surface area contributed by atoms with Crippen molar-refractivity contribution in [3.05, 3.63) is 11.4 Å². The lowest BCUT2D eigenvalue weighted by atomic mass is 10.4. The molecule has 0 aliphatic heterocycles. The van der Waals surface area contributed by atoms with Gasteiger partial charge in [-0.1, -0.05) is 0 Å². The molecule has 0 atom stereocenters. The number of hydrogen-bond acceptors (Lipinski definition) is 5. The van der Waals surface area contributed by atoms with Crippen LogP contribution < -0.4 is 4.72 Å². The van der Waals surface area contributed by atoms with Gasteiger partial charge in [0.1, 0.15) is 4.90 Å². The Labute approximate surface area is 126 Å². The van der Waals surface area contributed by atoms with E-state index in [1.54, 1.807) is 13.8 Å². The smallest absolute Gasteiger partial charge is 0.244 e. The summed E-state index contributed by atoms with van der Waals surface area (Å²) in [7, 11) is -1.55. The molecule has 1 aromatic heterocycles. The Kier molecular flexibility index (Phi) is 5.03. The molecule has 0 bridgehead atoms. The highest BCUT2D eigenvalue weighted by Crippen LogP contribution is 2.24. The first-order valence-corrected chi connectivity index (χ1v) is 8.70. The van der Waals surface area contributed by atoms with Crippen LogP contribution in [0.3, 0.4) is 0 Å². The number of rotatable bonds is 8. The van der Waals surface area contributed by atoms with Gasteiger partial charge >= 0.3 is 0 Å². The molecule has 0 saturated heterocycles. The van der Waals surface area contributed by atoms with Gasteiger partial charge in [-0.25, -0.2) is 13.1 Å². The quantitative estimate of drug-likeness (QED) is 0.697. The third kappa shape index (κ3) is 3.82. The Morgan fingerprint density at radius 2 is 2.10 bits per heavy atom. The molecule has 0 radical (unpaired) electrons. The molecule has 0 aromatic carbocycles. The van der Waals surface area contributed by atoms with Crippen LogP contribution in [0.4, 0.5) is 0 Å². The second-order valence-electron chi connectivity index (χ2n) is 5.56. The molecule has 1 heterocycles. The maximum Gasteiger partial charge on any atom is 0.244 e. The minimum atomic E-state index is -3.56. The van der Waals surface area contributed by atoms with E-state index >= 15 is 0 Å². The second-order valence-corrected chi connectivity index (χ2v) is 7.26. The number of likely N-dealkylation sites (N-methyl/N-ethyl adjacent to an activating group) is 1. The lowest BCUT2D eigenvalue weighted by molar-refractivity contribution is 0.267. The van der Waals surface area contributed by atoms with Crippen molar-refractivity contribution in [2.75, 3.05) is 26.7 Å². The first-order chi connectivity index (χ1) is 9.86. The number of aryl methyl sites for hydroxylation is 1. The number of nitrogens with one attached hydrogen (secondary N) is 1. The fourth-order valence-corrected chi connectivity index (χ4v) is 3.94. The molecular formula is C13H24N4O3S. The van der Waals surface area contributed by atoms with Gasteiger partial charge in [-0.3, -0.25) is 4.68 Å². The summed E-state index contributed by atoms with van der Waals surface area (Å²) >= 11 is 0. The maximum atomic E-state index is 12.4. The number of sulfonamides is 1. The van der Waals surface area contributed by atoms with Crippen LogP contribution in [-0.2, 0) is 16.6 Å². The summed E-state index contributed by atoms with van der Waals surface area (Å²) in [6.45, 7) is 4.70. The molecule has 8 heteroatoms. The van der Waals surface area contributed by atoms with Gasteiger partial charge in [-0.15, -0.1) is 0 Å². The summed E-state index contributed by atoms with van der Waals surface area (Å²) in [5.41, 5.74) is 1.02. The molecule has 21 heavy (non-hydrogen) atoms. The van der Waals surface area contributed by atoms with E-state index in [0.717, 1.165) is 0 Å². The zero-order valence-corrected chi connectivity index (χ0v) is 13.7. The van der Waals surface area contributed by atoms with E-state index < -0.39 is 10.0 Å². The van der Waals surface area contributed by atoms with Gasteiger partial charge in [0, 0.05) is 19.1 Å². The van der Waals surface area contributed by atoms with Crippen LogP contribution in [0.15, 0.2) is 4.90 Å². The summed E-state index contributed by atoms with van der Waals surface area (Å²) < 4.78 is 29.0. The molecule has 1 saturated carbocycles. The topological polar surface area (TPSA) is 87.5 Å². The van der Waals surface area contributed by atoms with Crippen LogP contribution in [0.1, 0.15) is 24.2 Å². The third-order valence-corrected chi connectivity index (χ3v) is 5.53. The van der Waals surface area contributed by atoms with Gasteiger partial charge in [-0.2, -0.15) is 5.10 Å². The van der Waals surface area contributed by atoms with Gasteiger partial charge in [0.15, 0.2) is 0 Å². The third-order valence-electron chi connectivity index (χ3n) is 3.82. The highest BCUT2D eigenvalue weighted by molar-refractivity contribution is 7.89. The minimum absolute atomic E-state index is 0.0684. The van der Waals surface area contributed by atoms with Crippen molar-refractivity contribution in [2.45, 2.75) is 44.2 Å². The predicted octanol–water partition coefficient (Wildman–Crippen LogP) is -0.135. The van der Waals surface area contributed by atoms with E-state index in [4.69, 9.17) is 5.11 Å². The zero-order valence-electron chi connectivity index (χ0n) is 12.8. The molecule has 2 N–H and O–H groups in total. The van der Waals surface area contributed by atoms with Gasteiger partial charge in [0.25, 0.3) is 0 Å². The number of hydrogen-bond donors (Lipinski definition) is 2. The van der Waals surface area contributed by atoms with Gasteiger partial charge in [0.2, 0.25) is 10.0 Å². The molecule has 1 aromatic rings. The molecule has 1 aliphatic rings. The standard InChI is InChI=1S/C13H24N4O3S/c1-10-13(11(2)17(15-10)8-9-18)21(19,20)14-6-7-16(3)12-4-5-12/h12,14,18H,4-9H2,1-3H3. The van der Waals surface area contributed by atoms with E-state index in [0.29, 0.717) is 37.1 Å². The molecule has 0 unspecified atom stereocenters. The first kappa shape index (κ1) is 16.4. The summed E-state index contributed by atoms with van der Waals surface area (Å²) in [6.07, 6.45) is 2.41. The summed E-state index contributed by atoms with van der Waals surface area (Å²) in [5.74, 6) is 0. The van der Waals surface area contributed by atoms with E-state index in [2.05, 4.69) is 14.7 Å². The number of aliphatic hydroxyl groups is 1. The molecule has 1 fully saturated rings. The Bertz CT molecular complexity index is 593. The zero-order chi connectivity index (χ0) is 15.6. The highest BCUT2D eigenvalue weighted by atomic mass is 32.2. The Morgan fingerprint density at radius 1 is 1.43 bits per heavy atom. The van der Waals surface area contributed by atoms with Crippen LogP contribution in [0.5, 0.6) is 0 Å². The van der Waals surface area contributed by atoms with Gasteiger partial charge in [0.05, 0.1) is 24.5 Å². The lowest BCUT2D eigenvalue weighted by Crippen LogP contribution is -2.34. The molecule has 0 amide bonds. The molecule has 120 valence electrons. The normalized spacial score (nSPS) is 15.9. The monoisotopic (exact) mass is 316 g/mol. The van der Waals surface area contributed by atoms with Gasteiger partial charge < -0.3 is 10.0 Å². The number of aromatic nitrogens is 2. The van der Waals surface area contributed by atoms with Crippen LogP contribution in [0.25, 0.3) is 0 Å². The predicted molar refractivity (Wildman–Crippen MR) is 79.6 cm³/mol. The van der Waals surface area contributed by atoms with Gasteiger partial charge in [-0.05, 0) is 33.7 Å². The van der Waals surface area contributed by atoms with Crippen molar-refractivity contribution in [3.63, 3.8) is 0 Å². The van der Waals surface area contributed by atoms with Crippen molar-refractivity contribution in [1.29, 1.82) is 0 Å². The van der Waals surface area contributed by atoms with Crippen molar-refractivity contribution in [3.8, 4) is 0 Å². The molecule has 7 nitrogen and oxygen atoms in total. The Morgan fingerprint density at radius 3 is 2.67 bits per heavy atom. The fourth-order valence-electron chi connectivity index (χ4n) is 2.51. The van der Waals surface area contributed by atoms with Crippen LogP contribution >= 0.6 is 0 Å². The highest BCUT2D eigenvalue weighted by Gasteiger charge is 2.27. The molecule has 1 aliphatic carbocycles. The summed E-state index contributed by atoms with van der Waals surface area (Å²) in [6, 6.07) is 0.616. The van der Waals surface area contributed by atoms with E-state index in [-0.39, 0.29) is 11.5 Å². The average Bonchev–Trinajstić information content (AvgIpc) is 3.17. The first-order valence-electron chi connectivity index (χ1n) is 7.21. The van der Waals surface area contributed by atoms with Crippen LogP contribution in [-0.4, -0.2) is 61.0 Å².